The van der Waals surface area contributed by atoms with Gasteiger partial charge in [-0.15, -0.1) is 10.2 Å². The van der Waals surface area contributed by atoms with E-state index in [-0.39, 0.29) is 17.9 Å². The Kier molecular flexibility index (Phi) is 7.17. The van der Waals surface area contributed by atoms with Crippen LogP contribution in [-0.4, -0.2) is 49.8 Å². The van der Waals surface area contributed by atoms with Crippen LogP contribution in [0.1, 0.15) is 67.2 Å². The smallest absolute Gasteiger partial charge is 0.254 e. The van der Waals surface area contributed by atoms with Crippen LogP contribution >= 0.6 is 23.4 Å². The van der Waals surface area contributed by atoms with Crippen molar-refractivity contribution in [1.29, 1.82) is 0 Å². The van der Waals surface area contributed by atoms with E-state index in [1.54, 1.807) is 24.3 Å². The van der Waals surface area contributed by atoms with Crippen LogP contribution in [0.2, 0.25) is 5.02 Å². The Morgan fingerprint density at radius 1 is 1.10 bits per heavy atom. The minimum atomic E-state index is -0.119. The van der Waals surface area contributed by atoms with Crippen molar-refractivity contribution >= 4 is 35.2 Å². The molecule has 31 heavy (non-hydrogen) atoms. The molecule has 7 nitrogen and oxygen atoms in total. The van der Waals surface area contributed by atoms with Crippen LogP contribution in [0.4, 0.5) is 0 Å². The van der Waals surface area contributed by atoms with Gasteiger partial charge in [-0.25, -0.2) is 0 Å². The lowest BCUT2D eigenvalue weighted by atomic mass is 9.95. The van der Waals surface area contributed by atoms with Gasteiger partial charge < -0.3 is 14.8 Å². The molecule has 2 aromatic rings. The molecule has 0 radical (unpaired) electrons. The summed E-state index contributed by atoms with van der Waals surface area (Å²) in [7, 11) is 1.90. The van der Waals surface area contributed by atoms with Crippen LogP contribution in [0.3, 0.4) is 0 Å². The molecule has 0 bridgehead atoms. The lowest BCUT2D eigenvalue weighted by molar-refractivity contribution is -0.119. The normalized spacial score (nSPS) is 19.5. The standard InChI is InChI=1S/C22H28ClN5O2S/c1-27-20(18-8-5-13-28(18)21(30)15-9-11-16(23)12-10-15)25-26-22(27)31-14-19(29)24-17-6-3-2-4-7-17/h9-12,17-18H,2-8,13-14H2,1H3,(H,24,29). The van der Waals surface area contributed by atoms with Crippen LogP contribution in [0, 0.1) is 0 Å². The Hall–Kier alpha value is -2.06. The second-order valence-corrected chi connectivity index (χ2v) is 9.63. The maximum atomic E-state index is 13.0. The van der Waals surface area contributed by atoms with Gasteiger partial charge in [-0.2, -0.15) is 0 Å². The number of halogens is 1. The number of hydrogen-bond acceptors (Lipinski definition) is 5. The number of thioether (sulfide) groups is 1. The average molecular weight is 462 g/mol. The van der Waals surface area contributed by atoms with Crippen LogP contribution in [-0.2, 0) is 11.8 Å². The zero-order valence-corrected chi connectivity index (χ0v) is 19.3. The van der Waals surface area contributed by atoms with Gasteiger partial charge in [-0.1, -0.05) is 42.6 Å². The maximum absolute atomic E-state index is 13.0. The summed E-state index contributed by atoms with van der Waals surface area (Å²) < 4.78 is 1.91. The van der Waals surface area contributed by atoms with Gasteiger partial charge >= 0.3 is 0 Å². The van der Waals surface area contributed by atoms with Crippen molar-refractivity contribution in [2.75, 3.05) is 12.3 Å². The number of carbonyl (C=O) groups is 2. The minimum absolute atomic E-state index is 0.0248. The monoisotopic (exact) mass is 461 g/mol. The molecule has 1 unspecified atom stereocenters. The fourth-order valence-corrected chi connectivity index (χ4v) is 5.28. The summed E-state index contributed by atoms with van der Waals surface area (Å²) in [6.45, 7) is 0.686. The van der Waals surface area contributed by atoms with E-state index in [1.807, 2.05) is 16.5 Å². The highest BCUT2D eigenvalue weighted by atomic mass is 35.5. The van der Waals surface area contributed by atoms with E-state index in [9.17, 15) is 9.59 Å². The number of carbonyl (C=O) groups excluding carboxylic acids is 2. The second-order valence-electron chi connectivity index (χ2n) is 8.25. The second kappa shape index (κ2) is 10.0. The van der Waals surface area contributed by atoms with Gasteiger partial charge in [0.15, 0.2) is 11.0 Å². The van der Waals surface area contributed by atoms with Crippen molar-refractivity contribution in [2.45, 2.75) is 62.2 Å². The molecule has 1 aromatic carbocycles. The minimum Gasteiger partial charge on any atom is -0.353 e. The van der Waals surface area contributed by atoms with Crippen molar-refractivity contribution in [1.82, 2.24) is 25.0 Å². The Morgan fingerprint density at radius 3 is 2.58 bits per heavy atom. The van der Waals surface area contributed by atoms with Crippen LogP contribution < -0.4 is 5.32 Å². The molecule has 2 fully saturated rings. The summed E-state index contributed by atoms with van der Waals surface area (Å²) in [5, 5.41) is 13.1. The molecule has 4 rings (SSSR count). The van der Waals surface area contributed by atoms with Crippen LogP contribution in [0.5, 0.6) is 0 Å². The average Bonchev–Trinajstić information content (AvgIpc) is 3.39. The molecule has 1 aromatic heterocycles. The molecule has 9 heteroatoms. The highest BCUT2D eigenvalue weighted by Crippen LogP contribution is 2.33. The van der Waals surface area contributed by atoms with Crippen molar-refractivity contribution in [3.8, 4) is 0 Å². The number of nitrogens with one attached hydrogen (secondary N) is 1. The highest BCUT2D eigenvalue weighted by Gasteiger charge is 2.34. The number of benzene rings is 1. The number of amides is 2. The quantitative estimate of drug-likeness (QED) is 0.658. The lowest BCUT2D eigenvalue weighted by Crippen LogP contribution is -2.37. The molecular weight excluding hydrogens is 434 g/mol. The highest BCUT2D eigenvalue weighted by molar-refractivity contribution is 7.99. The third-order valence-corrected chi connectivity index (χ3v) is 7.35. The molecule has 1 saturated heterocycles. The summed E-state index contributed by atoms with van der Waals surface area (Å²) in [5.74, 6) is 1.10. The number of aromatic nitrogens is 3. The van der Waals surface area contributed by atoms with Crippen LogP contribution in [0.25, 0.3) is 0 Å². The number of nitrogens with zero attached hydrogens (tertiary/aromatic N) is 4. The van der Waals surface area contributed by atoms with Crippen molar-refractivity contribution in [2.24, 2.45) is 7.05 Å². The van der Waals surface area contributed by atoms with Crippen molar-refractivity contribution < 1.29 is 9.59 Å². The van der Waals surface area contributed by atoms with E-state index in [2.05, 4.69) is 15.5 Å². The largest absolute Gasteiger partial charge is 0.353 e. The molecule has 2 heterocycles. The summed E-state index contributed by atoms with van der Waals surface area (Å²) in [5.41, 5.74) is 0.618. The van der Waals surface area contributed by atoms with Gasteiger partial charge in [-0.3, -0.25) is 9.59 Å². The third-order valence-electron chi connectivity index (χ3n) is 6.07. The van der Waals surface area contributed by atoms with E-state index in [1.165, 1.54) is 31.0 Å². The summed E-state index contributed by atoms with van der Waals surface area (Å²) >= 11 is 7.34. The summed E-state index contributed by atoms with van der Waals surface area (Å²) in [6.07, 6.45) is 7.56. The van der Waals surface area contributed by atoms with Gasteiger partial charge in [0.2, 0.25) is 5.91 Å². The Labute approximate surface area is 191 Å². The molecule has 2 aliphatic rings. The van der Waals surface area contributed by atoms with Gasteiger partial charge in [0.1, 0.15) is 0 Å². The molecule has 1 saturated carbocycles. The Morgan fingerprint density at radius 2 is 1.84 bits per heavy atom. The first kappa shape index (κ1) is 22.1. The number of likely N-dealkylation sites (tertiary alicyclic amines) is 1. The molecule has 1 aliphatic carbocycles. The molecule has 1 aliphatic heterocycles. The molecular formula is C22H28ClN5O2S. The lowest BCUT2D eigenvalue weighted by Gasteiger charge is -2.24. The van der Waals surface area contributed by atoms with E-state index in [0.29, 0.717) is 34.1 Å². The zero-order chi connectivity index (χ0) is 21.8. The van der Waals surface area contributed by atoms with Crippen molar-refractivity contribution in [3.63, 3.8) is 0 Å². The Balaban J connectivity index is 1.39. The molecule has 1 N–H and O–H groups in total. The number of hydrogen-bond donors (Lipinski definition) is 1. The first-order valence-electron chi connectivity index (χ1n) is 10.9. The number of rotatable bonds is 6. The molecule has 1 atom stereocenters. The molecule has 166 valence electrons. The first-order chi connectivity index (χ1) is 15.0. The summed E-state index contributed by atoms with van der Waals surface area (Å²) in [4.78, 5) is 27.2. The SMILES string of the molecule is Cn1c(SCC(=O)NC2CCCCC2)nnc1C1CCCN1C(=O)c1ccc(Cl)cc1. The predicted octanol–water partition coefficient (Wildman–Crippen LogP) is 3.99. The predicted molar refractivity (Wildman–Crippen MR) is 121 cm³/mol. The van der Waals surface area contributed by atoms with Gasteiger partial charge in [-0.05, 0) is 49.9 Å². The van der Waals surface area contributed by atoms with Gasteiger partial charge in [0.05, 0.1) is 11.8 Å². The molecule has 0 spiro atoms. The topological polar surface area (TPSA) is 80.1 Å². The van der Waals surface area contributed by atoms with Crippen molar-refractivity contribution in [3.05, 3.63) is 40.7 Å². The molecule has 2 amide bonds. The maximum Gasteiger partial charge on any atom is 0.254 e. The fourth-order valence-electron chi connectivity index (χ4n) is 4.42. The third kappa shape index (κ3) is 5.23. The van der Waals surface area contributed by atoms with E-state index in [4.69, 9.17) is 11.6 Å². The van der Waals surface area contributed by atoms with E-state index in [0.717, 1.165) is 31.5 Å². The fraction of sp³-hybridized carbons (Fsp3) is 0.545. The van der Waals surface area contributed by atoms with E-state index >= 15 is 0 Å². The zero-order valence-electron chi connectivity index (χ0n) is 17.7. The van der Waals surface area contributed by atoms with Crippen LogP contribution in [0.15, 0.2) is 29.4 Å². The summed E-state index contributed by atoms with van der Waals surface area (Å²) in [6, 6.07) is 7.16. The van der Waals surface area contributed by atoms with Gasteiger partial charge in [0, 0.05) is 30.2 Å². The van der Waals surface area contributed by atoms with E-state index < -0.39 is 0 Å². The van der Waals surface area contributed by atoms with Gasteiger partial charge in [0.25, 0.3) is 5.91 Å². The first-order valence-corrected chi connectivity index (χ1v) is 12.3. The Bertz CT molecular complexity index is 926.